The fourth-order valence-corrected chi connectivity index (χ4v) is 2.60. The average Bonchev–Trinajstić information content (AvgIpc) is 2.33. The molecule has 1 aromatic rings. The van der Waals surface area contributed by atoms with Gasteiger partial charge in [0.05, 0.1) is 0 Å². The Balaban J connectivity index is 2.01. The standard InChI is InChI=1S/C16H16/c1-2-3-7-12-8-6-11-15-13-9-4-5-10-14(13)16(12)15/h4-10H,2-3,11H2,1H3. The second kappa shape index (κ2) is 3.79. The summed E-state index contributed by atoms with van der Waals surface area (Å²) < 4.78 is 0. The van der Waals surface area contributed by atoms with Crippen LogP contribution in [0.25, 0.3) is 11.1 Å². The third-order valence-electron chi connectivity index (χ3n) is 3.38. The van der Waals surface area contributed by atoms with Crippen molar-refractivity contribution in [3.8, 4) is 0 Å². The van der Waals surface area contributed by atoms with E-state index in [0.717, 1.165) is 6.42 Å². The van der Waals surface area contributed by atoms with Gasteiger partial charge in [-0.05, 0) is 40.7 Å². The van der Waals surface area contributed by atoms with Crippen molar-refractivity contribution in [3.05, 3.63) is 59.2 Å². The Hall–Kier alpha value is -1.56. The van der Waals surface area contributed by atoms with Gasteiger partial charge in [-0.25, -0.2) is 0 Å². The van der Waals surface area contributed by atoms with Crippen molar-refractivity contribution in [3.63, 3.8) is 0 Å². The van der Waals surface area contributed by atoms with Crippen molar-refractivity contribution in [2.75, 3.05) is 0 Å². The summed E-state index contributed by atoms with van der Waals surface area (Å²) in [5, 5.41) is 0. The SMILES string of the molecule is CCCC=C1C=CCC2=C1c1ccccc12. The lowest BCUT2D eigenvalue weighted by molar-refractivity contribution is 0.954. The summed E-state index contributed by atoms with van der Waals surface area (Å²) in [4.78, 5) is 0. The summed E-state index contributed by atoms with van der Waals surface area (Å²) in [6, 6.07) is 8.76. The van der Waals surface area contributed by atoms with Gasteiger partial charge in [0.1, 0.15) is 0 Å². The molecular weight excluding hydrogens is 192 g/mol. The normalized spacial score (nSPS) is 19.4. The van der Waals surface area contributed by atoms with Crippen molar-refractivity contribution < 1.29 is 0 Å². The lowest BCUT2D eigenvalue weighted by atomic mass is 9.73. The highest BCUT2D eigenvalue weighted by Crippen LogP contribution is 2.48. The minimum atomic E-state index is 1.11. The van der Waals surface area contributed by atoms with Crippen molar-refractivity contribution in [1.29, 1.82) is 0 Å². The molecular formula is C16H16. The minimum Gasteiger partial charge on any atom is -0.0795 e. The summed E-state index contributed by atoms with van der Waals surface area (Å²) in [5.74, 6) is 0. The molecule has 1 aromatic carbocycles. The molecule has 0 bridgehead atoms. The van der Waals surface area contributed by atoms with E-state index in [-0.39, 0.29) is 0 Å². The van der Waals surface area contributed by atoms with Gasteiger partial charge in [-0.2, -0.15) is 0 Å². The molecule has 3 rings (SSSR count). The van der Waals surface area contributed by atoms with Crippen LogP contribution in [-0.2, 0) is 0 Å². The van der Waals surface area contributed by atoms with E-state index in [1.54, 1.807) is 5.57 Å². The Morgan fingerprint density at radius 2 is 2.00 bits per heavy atom. The summed E-state index contributed by atoms with van der Waals surface area (Å²) in [6.45, 7) is 2.23. The molecule has 80 valence electrons. The van der Waals surface area contributed by atoms with Crippen LogP contribution in [0.5, 0.6) is 0 Å². The first-order valence-electron chi connectivity index (χ1n) is 6.12. The Labute approximate surface area is 97.0 Å². The van der Waals surface area contributed by atoms with Gasteiger partial charge in [-0.1, -0.05) is 55.8 Å². The number of unbranched alkanes of at least 4 members (excludes halogenated alkanes) is 1. The molecule has 0 fully saturated rings. The molecule has 2 aliphatic rings. The van der Waals surface area contributed by atoms with Gasteiger partial charge < -0.3 is 0 Å². The van der Waals surface area contributed by atoms with Crippen LogP contribution in [0, 0.1) is 0 Å². The lowest BCUT2D eigenvalue weighted by Gasteiger charge is -2.31. The number of hydrogen-bond acceptors (Lipinski definition) is 0. The second-order valence-corrected chi connectivity index (χ2v) is 4.45. The molecule has 0 N–H and O–H groups in total. The molecule has 0 aromatic heterocycles. The highest BCUT2D eigenvalue weighted by Gasteiger charge is 2.27. The molecule has 0 radical (unpaired) electrons. The van der Waals surface area contributed by atoms with Gasteiger partial charge in [0.2, 0.25) is 0 Å². The lowest BCUT2D eigenvalue weighted by Crippen LogP contribution is -2.10. The quantitative estimate of drug-likeness (QED) is 0.666. The number of rotatable bonds is 2. The molecule has 0 saturated heterocycles. The third-order valence-corrected chi connectivity index (χ3v) is 3.38. The van der Waals surface area contributed by atoms with Gasteiger partial charge >= 0.3 is 0 Å². The first-order valence-corrected chi connectivity index (χ1v) is 6.12. The van der Waals surface area contributed by atoms with E-state index in [1.165, 1.54) is 35.1 Å². The van der Waals surface area contributed by atoms with Crippen LogP contribution in [0.3, 0.4) is 0 Å². The predicted octanol–water partition coefficient (Wildman–Crippen LogP) is 4.60. The number of allylic oxidation sites excluding steroid dienone is 6. The van der Waals surface area contributed by atoms with Crippen LogP contribution in [0.2, 0.25) is 0 Å². The molecule has 16 heavy (non-hydrogen) atoms. The van der Waals surface area contributed by atoms with Crippen LogP contribution < -0.4 is 0 Å². The zero-order chi connectivity index (χ0) is 11.0. The predicted molar refractivity (Wildman–Crippen MR) is 70.0 cm³/mol. The molecule has 0 heterocycles. The van der Waals surface area contributed by atoms with Gasteiger partial charge in [0.25, 0.3) is 0 Å². The van der Waals surface area contributed by atoms with Gasteiger partial charge in [-0.3, -0.25) is 0 Å². The van der Waals surface area contributed by atoms with Gasteiger partial charge in [0, 0.05) is 0 Å². The van der Waals surface area contributed by atoms with E-state index in [4.69, 9.17) is 0 Å². The fraction of sp³-hybridized carbons (Fsp3) is 0.250. The second-order valence-electron chi connectivity index (χ2n) is 4.45. The van der Waals surface area contributed by atoms with Crippen LogP contribution in [0.4, 0.5) is 0 Å². The monoisotopic (exact) mass is 208 g/mol. The summed E-state index contributed by atoms with van der Waals surface area (Å²) in [6.07, 6.45) is 10.5. The Morgan fingerprint density at radius 1 is 1.19 bits per heavy atom. The largest absolute Gasteiger partial charge is 0.0795 e. The molecule has 0 spiro atoms. The van der Waals surface area contributed by atoms with E-state index < -0.39 is 0 Å². The maximum atomic E-state index is 2.38. The number of hydrogen-bond donors (Lipinski definition) is 0. The summed E-state index contributed by atoms with van der Waals surface area (Å²) in [7, 11) is 0. The van der Waals surface area contributed by atoms with E-state index in [1.807, 2.05) is 0 Å². The minimum absolute atomic E-state index is 1.11. The Morgan fingerprint density at radius 3 is 2.81 bits per heavy atom. The van der Waals surface area contributed by atoms with Crippen molar-refractivity contribution >= 4 is 11.1 Å². The summed E-state index contributed by atoms with van der Waals surface area (Å²) in [5.41, 5.74) is 7.39. The zero-order valence-corrected chi connectivity index (χ0v) is 9.66. The van der Waals surface area contributed by atoms with Crippen molar-refractivity contribution in [2.24, 2.45) is 0 Å². The fourth-order valence-electron chi connectivity index (χ4n) is 2.60. The van der Waals surface area contributed by atoms with Gasteiger partial charge in [-0.15, -0.1) is 0 Å². The van der Waals surface area contributed by atoms with Crippen LogP contribution >= 0.6 is 0 Å². The first-order chi connectivity index (χ1) is 7.92. The van der Waals surface area contributed by atoms with E-state index in [0.29, 0.717) is 0 Å². The average molecular weight is 208 g/mol. The molecule has 2 aliphatic carbocycles. The maximum Gasteiger partial charge on any atom is -0.00672 e. The van der Waals surface area contributed by atoms with E-state index in [2.05, 4.69) is 49.4 Å². The maximum absolute atomic E-state index is 2.38. The highest BCUT2D eigenvalue weighted by molar-refractivity contribution is 6.12. The van der Waals surface area contributed by atoms with Gasteiger partial charge in [0.15, 0.2) is 0 Å². The van der Waals surface area contributed by atoms with E-state index >= 15 is 0 Å². The molecule has 0 atom stereocenters. The van der Waals surface area contributed by atoms with Crippen molar-refractivity contribution in [1.82, 2.24) is 0 Å². The summed E-state index contributed by atoms with van der Waals surface area (Å²) >= 11 is 0. The molecule has 0 nitrogen and oxygen atoms in total. The van der Waals surface area contributed by atoms with Crippen LogP contribution in [0.15, 0.2) is 48.1 Å². The topological polar surface area (TPSA) is 0 Å². The van der Waals surface area contributed by atoms with E-state index in [9.17, 15) is 0 Å². The third kappa shape index (κ3) is 1.30. The van der Waals surface area contributed by atoms with Crippen LogP contribution in [-0.4, -0.2) is 0 Å². The van der Waals surface area contributed by atoms with Crippen LogP contribution in [0.1, 0.15) is 37.3 Å². The molecule has 0 unspecified atom stereocenters. The molecule has 0 heteroatoms. The number of benzene rings is 1. The first kappa shape index (κ1) is 9.65. The molecule has 0 amide bonds. The Bertz CT molecular complexity index is 513. The molecule has 0 aliphatic heterocycles. The number of fused-ring (bicyclic) bond motifs is 3. The smallest absolute Gasteiger partial charge is 0.00672 e. The van der Waals surface area contributed by atoms with Crippen molar-refractivity contribution in [2.45, 2.75) is 26.2 Å². The Kier molecular flexibility index (Phi) is 2.28. The highest BCUT2D eigenvalue weighted by atomic mass is 14.3. The zero-order valence-electron chi connectivity index (χ0n) is 9.66. The molecule has 0 saturated carbocycles.